The van der Waals surface area contributed by atoms with Gasteiger partial charge in [-0.05, 0) is 32.1 Å². The second kappa shape index (κ2) is 4.61. The second-order valence-corrected chi connectivity index (χ2v) is 4.42. The Bertz CT molecular complexity index is 364. The van der Waals surface area contributed by atoms with Crippen LogP contribution in [0.5, 0.6) is 0 Å². The van der Waals surface area contributed by atoms with E-state index < -0.39 is 0 Å². The largest absolute Gasteiger partial charge is 0.397 e. The summed E-state index contributed by atoms with van der Waals surface area (Å²) in [6, 6.07) is 5.87. The summed E-state index contributed by atoms with van der Waals surface area (Å²) in [5.41, 5.74) is 14.3. The number of hydrogen-bond donors (Lipinski definition) is 2. The van der Waals surface area contributed by atoms with Crippen molar-refractivity contribution in [3.63, 3.8) is 0 Å². The van der Waals surface area contributed by atoms with Gasteiger partial charge in [0.2, 0.25) is 0 Å². The fourth-order valence-electron chi connectivity index (χ4n) is 2.13. The molecule has 0 saturated carbocycles. The van der Waals surface area contributed by atoms with Crippen molar-refractivity contribution >= 4 is 17.1 Å². The third-order valence-corrected chi connectivity index (χ3v) is 3.18. The van der Waals surface area contributed by atoms with Crippen molar-refractivity contribution < 1.29 is 0 Å². The third-order valence-electron chi connectivity index (χ3n) is 3.18. The van der Waals surface area contributed by atoms with Gasteiger partial charge in [0, 0.05) is 19.6 Å². The van der Waals surface area contributed by atoms with Crippen molar-refractivity contribution in [3.8, 4) is 0 Å². The van der Waals surface area contributed by atoms with Gasteiger partial charge in [-0.3, -0.25) is 0 Å². The summed E-state index contributed by atoms with van der Waals surface area (Å²) in [7, 11) is 2.16. The topological polar surface area (TPSA) is 58.5 Å². The van der Waals surface area contributed by atoms with Crippen LogP contribution in [0.1, 0.15) is 6.42 Å². The molecule has 0 amide bonds. The van der Waals surface area contributed by atoms with Crippen LogP contribution in [0.2, 0.25) is 0 Å². The molecule has 4 N–H and O–H groups in total. The molecule has 0 aliphatic carbocycles. The number of nitrogens with two attached hydrogens (primary N) is 2. The van der Waals surface area contributed by atoms with Crippen LogP contribution in [0.15, 0.2) is 18.2 Å². The average molecular weight is 220 g/mol. The molecule has 0 bridgehead atoms. The van der Waals surface area contributed by atoms with Gasteiger partial charge in [0.05, 0.1) is 17.1 Å². The van der Waals surface area contributed by atoms with Crippen LogP contribution >= 0.6 is 0 Å². The van der Waals surface area contributed by atoms with Gasteiger partial charge < -0.3 is 21.3 Å². The Kier molecular flexibility index (Phi) is 3.19. The van der Waals surface area contributed by atoms with E-state index in [0.717, 1.165) is 31.9 Å². The lowest BCUT2D eigenvalue weighted by molar-refractivity contribution is 0.360. The number of benzene rings is 1. The van der Waals surface area contributed by atoms with E-state index in [9.17, 15) is 0 Å². The van der Waals surface area contributed by atoms with Crippen LogP contribution in [-0.4, -0.2) is 38.1 Å². The summed E-state index contributed by atoms with van der Waals surface area (Å²) in [6.45, 7) is 4.30. The Morgan fingerprint density at radius 3 is 2.69 bits per heavy atom. The predicted octanol–water partition coefficient (Wildman–Crippen LogP) is 0.993. The first kappa shape index (κ1) is 11.1. The zero-order chi connectivity index (χ0) is 11.5. The summed E-state index contributed by atoms with van der Waals surface area (Å²) in [5, 5.41) is 0. The Morgan fingerprint density at radius 1 is 1.06 bits per heavy atom. The highest BCUT2D eigenvalue weighted by molar-refractivity contribution is 5.79. The lowest BCUT2D eigenvalue weighted by atomic mass is 10.2. The van der Waals surface area contributed by atoms with Crippen molar-refractivity contribution in [1.29, 1.82) is 0 Å². The molecule has 1 heterocycles. The molecule has 1 aromatic rings. The SMILES string of the molecule is CN1CCCN(c2cccc(N)c2N)CC1. The molecule has 1 aliphatic rings. The summed E-state index contributed by atoms with van der Waals surface area (Å²) in [4.78, 5) is 4.68. The number of anilines is 3. The van der Waals surface area contributed by atoms with Crippen LogP contribution in [0.4, 0.5) is 17.1 Å². The number of rotatable bonds is 1. The van der Waals surface area contributed by atoms with Crippen LogP contribution in [0.25, 0.3) is 0 Å². The minimum Gasteiger partial charge on any atom is -0.397 e. The van der Waals surface area contributed by atoms with Gasteiger partial charge in [0.25, 0.3) is 0 Å². The number of para-hydroxylation sites is 1. The maximum absolute atomic E-state index is 6.02. The van der Waals surface area contributed by atoms with Crippen LogP contribution < -0.4 is 16.4 Å². The van der Waals surface area contributed by atoms with Gasteiger partial charge in [0.1, 0.15) is 0 Å². The van der Waals surface area contributed by atoms with Gasteiger partial charge in [-0.1, -0.05) is 6.07 Å². The normalized spacial score (nSPS) is 18.4. The fourth-order valence-corrected chi connectivity index (χ4v) is 2.13. The molecule has 1 fully saturated rings. The summed E-state index contributed by atoms with van der Waals surface area (Å²) < 4.78 is 0. The van der Waals surface area contributed by atoms with Gasteiger partial charge in [0.15, 0.2) is 0 Å². The molecule has 88 valence electrons. The minimum absolute atomic E-state index is 0.676. The first-order valence-corrected chi connectivity index (χ1v) is 5.76. The highest BCUT2D eigenvalue weighted by Gasteiger charge is 2.15. The van der Waals surface area contributed by atoms with E-state index in [2.05, 4.69) is 22.9 Å². The Hall–Kier alpha value is -1.42. The molecule has 1 saturated heterocycles. The smallest absolute Gasteiger partial charge is 0.0785 e. The highest BCUT2D eigenvalue weighted by Crippen LogP contribution is 2.28. The maximum atomic E-state index is 6.02. The standard InChI is InChI=1S/C12H20N4/c1-15-6-3-7-16(9-8-15)11-5-2-4-10(13)12(11)14/h2,4-5H,3,6-9,13-14H2,1H3. The molecular formula is C12H20N4. The molecular weight excluding hydrogens is 200 g/mol. The number of nitrogen functional groups attached to an aromatic ring is 2. The van der Waals surface area contributed by atoms with Gasteiger partial charge >= 0.3 is 0 Å². The van der Waals surface area contributed by atoms with Crippen molar-refractivity contribution in [2.45, 2.75) is 6.42 Å². The Labute approximate surface area is 96.8 Å². The molecule has 1 aliphatic heterocycles. The monoisotopic (exact) mass is 220 g/mol. The predicted molar refractivity (Wildman–Crippen MR) is 69.6 cm³/mol. The lowest BCUT2D eigenvalue weighted by Gasteiger charge is -2.24. The second-order valence-electron chi connectivity index (χ2n) is 4.42. The van der Waals surface area contributed by atoms with Gasteiger partial charge in [-0.25, -0.2) is 0 Å². The van der Waals surface area contributed by atoms with Crippen LogP contribution in [0, 0.1) is 0 Å². The molecule has 4 heteroatoms. The van der Waals surface area contributed by atoms with E-state index in [1.54, 1.807) is 0 Å². The van der Waals surface area contributed by atoms with Crippen molar-refractivity contribution in [2.24, 2.45) is 0 Å². The van der Waals surface area contributed by atoms with E-state index in [-0.39, 0.29) is 0 Å². The summed E-state index contributed by atoms with van der Waals surface area (Å²) >= 11 is 0. The van der Waals surface area contributed by atoms with Crippen LogP contribution in [-0.2, 0) is 0 Å². The van der Waals surface area contributed by atoms with Gasteiger partial charge in [-0.2, -0.15) is 0 Å². The molecule has 0 aromatic heterocycles. The fraction of sp³-hybridized carbons (Fsp3) is 0.500. The molecule has 16 heavy (non-hydrogen) atoms. The molecule has 0 spiro atoms. The molecule has 1 aromatic carbocycles. The molecule has 0 atom stereocenters. The Morgan fingerprint density at radius 2 is 1.88 bits per heavy atom. The van der Waals surface area contributed by atoms with Gasteiger partial charge in [-0.15, -0.1) is 0 Å². The summed E-state index contributed by atoms with van der Waals surface area (Å²) in [5.74, 6) is 0. The Balaban J connectivity index is 2.20. The number of nitrogens with zero attached hydrogens (tertiary/aromatic N) is 2. The maximum Gasteiger partial charge on any atom is 0.0785 e. The molecule has 0 unspecified atom stereocenters. The first-order chi connectivity index (χ1) is 7.68. The molecule has 4 nitrogen and oxygen atoms in total. The van der Waals surface area contributed by atoms with Crippen LogP contribution in [0.3, 0.4) is 0 Å². The quantitative estimate of drug-likeness (QED) is 0.693. The zero-order valence-corrected chi connectivity index (χ0v) is 9.82. The van der Waals surface area contributed by atoms with Crippen molar-refractivity contribution in [1.82, 2.24) is 4.90 Å². The zero-order valence-electron chi connectivity index (χ0n) is 9.82. The molecule has 0 radical (unpaired) electrons. The average Bonchev–Trinajstić information content (AvgIpc) is 2.47. The number of hydrogen-bond acceptors (Lipinski definition) is 4. The van der Waals surface area contributed by atoms with E-state index in [1.807, 2.05) is 12.1 Å². The minimum atomic E-state index is 0.676. The lowest BCUT2D eigenvalue weighted by Crippen LogP contribution is -2.29. The molecule has 2 rings (SSSR count). The third kappa shape index (κ3) is 2.22. The summed E-state index contributed by atoms with van der Waals surface area (Å²) in [6.07, 6.45) is 1.17. The highest BCUT2D eigenvalue weighted by atomic mass is 15.2. The van der Waals surface area contributed by atoms with E-state index >= 15 is 0 Å². The van der Waals surface area contributed by atoms with Crippen molar-refractivity contribution in [3.05, 3.63) is 18.2 Å². The van der Waals surface area contributed by atoms with E-state index in [1.165, 1.54) is 6.42 Å². The van der Waals surface area contributed by atoms with E-state index in [0.29, 0.717) is 11.4 Å². The number of likely N-dealkylation sites (N-methyl/N-ethyl adjacent to an activating group) is 1. The van der Waals surface area contributed by atoms with Crippen molar-refractivity contribution in [2.75, 3.05) is 49.6 Å². The first-order valence-electron chi connectivity index (χ1n) is 5.76. The van der Waals surface area contributed by atoms with E-state index in [4.69, 9.17) is 11.5 Å².